The quantitative estimate of drug-likeness (QED) is 0.828. The van der Waals surface area contributed by atoms with Crippen molar-refractivity contribution in [1.82, 2.24) is 9.88 Å². The first-order chi connectivity index (χ1) is 9.27. The Morgan fingerprint density at radius 2 is 2.00 bits per heavy atom. The van der Waals surface area contributed by atoms with Gasteiger partial charge in [-0.1, -0.05) is 12.2 Å². The number of hydrogen-bond donors (Lipinski definition) is 1. The van der Waals surface area contributed by atoms with Crippen molar-refractivity contribution < 1.29 is 4.79 Å². The Morgan fingerprint density at radius 1 is 1.40 bits per heavy atom. The predicted molar refractivity (Wildman–Crippen MR) is 86.2 cm³/mol. The lowest BCUT2D eigenvalue weighted by Gasteiger charge is -2.26. The van der Waals surface area contributed by atoms with Gasteiger partial charge in [-0.3, -0.25) is 4.79 Å². The topological polar surface area (TPSA) is 62.5 Å². The van der Waals surface area contributed by atoms with Gasteiger partial charge in [0, 0.05) is 26.3 Å². The minimum atomic E-state index is 0.0155. The number of likely N-dealkylation sites (N-methyl/N-ethyl adjacent to an activating group) is 2. The Balaban J connectivity index is 3.27. The van der Waals surface area contributed by atoms with Crippen LogP contribution in [0.3, 0.4) is 0 Å². The molecule has 5 nitrogen and oxygen atoms in total. The zero-order chi connectivity index (χ0) is 15.4. The highest BCUT2D eigenvalue weighted by molar-refractivity contribution is 7.80. The van der Waals surface area contributed by atoms with Crippen LogP contribution in [0, 0.1) is 13.8 Å². The molecule has 0 saturated heterocycles. The van der Waals surface area contributed by atoms with Crippen molar-refractivity contribution >= 4 is 28.9 Å². The van der Waals surface area contributed by atoms with E-state index in [0.717, 1.165) is 16.8 Å². The molecule has 20 heavy (non-hydrogen) atoms. The van der Waals surface area contributed by atoms with Crippen molar-refractivity contribution in [2.45, 2.75) is 20.8 Å². The van der Waals surface area contributed by atoms with E-state index in [2.05, 4.69) is 4.98 Å². The van der Waals surface area contributed by atoms with Crippen LogP contribution in [0.15, 0.2) is 6.07 Å². The second-order valence-electron chi connectivity index (χ2n) is 4.95. The minimum Gasteiger partial charge on any atom is -0.389 e. The van der Waals surface area contributed by atoms with Gasteiger partial charge in [0.2, 0.25) is 5.91 Å². The highest BCUT2D eigenvalue weighted by Crippen LogP contribution is 2.22. The highest BCUT2D eigenvalue weighted by atomic mass is 32.1. The van der Waals surface area contributed by atoms with E-state index in [1.807, 2.05) is 31.7 Å². The lowest BCUT2D eigenvalue weighted by atomic mass is 10.1. The van der Waals surface area contributed by atoms with Crippen LogP contribution < -0.4 is 10.6 Å². The molecule has 0 aliphatic carbocycles. The maximum Gasteiger partial charge on any atom is 0.241 e. The van der Waals surface area contributed by atoms with E-state index in [1.165, 1.54) is 0 Å². The standard InChI is InChI=1S/C14H22N4OS/c1-6-18(8-11(19)17(4)5)14-12(13(15)20)9(2)7-10(3)16-14/h7H,6,8H2,1-5H3,(H2,15,20). The number of nitrogens with zero attached hydrogens (tertiary/aromatic N) is 3. The summed E-state index contributed by atoms with van der Waals surface area (Å²) in [6, 6.07) is 1.94. The third kappa shape index (κ3) is 3.66. The molecule has 1 rings (SSSR count). The Kier molecular flexibility index (Phi) is 5.44. The highest BCUT2D eigenvalue weighted by Gasteiger charge is 2.19. The average molecular weight is 294 g/mol. The smallest absolute Gasteiger partial charge is 0.241 e. The molecule has 1 heterocycles. The van der Waals surface area contributed by atoms with Crippen molar-refractivity contribution in [3.05, 3.63) is 22.9 Å². The summed E-state index contributed by atoms with van der Waals surface area (Å²) in [5, 5.41) is 0. The number of anilines is 1. The summed E-state index contributed by atoms with van der Waals surface area (Å²) in [5.41, 5.74) is 8.43. The Labute approximate surface area is 125 Å². The van der Waals surface area contributed by atoms with Crippen LogP contribution in [-0.4, -0.2) is 48.0 Å². The summed E-state index contributed by atoms with van der Waals surface area (Å²) in [6.45, 7) is 6.77. The van der Waals surface area contributed by atoms with Crippen LogP contribution in [0.25, 0.3) is 0 Å². The number of carbonyl (C=O) groups excluding carboxylic acids is 1. The fourth-order valence-electron chi connectivity index (χ4n) is 1.99. The SMILES string of the molecule is CCN(CC(=O)N(C)C)c1nc(C)cc(C)c1C(N)=S. The second-order valence-corrected chi connectivity index (χ2v) is 5.39. The maximum absolute atomic E-state index is 11.9. The van der Waals surface area contributed by atoms with Gasteiger partial charge in [-0.2, -0.15) is 0 Å². The third-order valence-corrected chi connectivity index (χ3v) is 3.28. The molecule has 1 amide bonds. The number of rotatable bonds is 5. The van der Waals surface area contributed by atoms with Gasteiger partial charge in [-0.15, -0.1) is 0 Å². The summed E-state index contributed by atoms with van der Waals surface area (Å²) in [4.78, 5) is 20.2. The summed E-state index contributed by atoms with van der Waals surface area (Å²) < 4.78 is 0. The molecule has 2 N–H and O–H groups in total. The second kappa shape index (κ2) is 6.65. The molecule has 0 radical (unpaired) electrons. The lowest BCUT2D eigenvalue weighted by Crippen LogP contribution is -2.38. The molecule has 0 fully saturated rings. The van der Waals surface area contributed by atoms with Crippen molar-refractivity contribution in [3.8, 4) is 0 Å². The van der Waals surface area contributed by atoms with E-state index in [9.17, 15) is 4.79 Å². The van der Waals surface area contributed by atoms with Gasteiger partial charge in [-0.05, 0) is 32.4 Å². The average Bonchev–Trinajstić information content (AvgIpc) is 2.33. The number of aromatic nitrogens is 1. The van der Waals surface area contributed by atoms with Crippen molar-refractivity contribution in [1.29, 1.82) is 0 Å². The molecule has 1 aromatic rings. The first-order valence-corrected chi connectivity index (χ1v) is 6.91. The number of thiocarbonyl (C=S) groups is 1. The van der Waals surface area contributed by atoms with E-state index in [0.29, 0.717) is 17.4 Å². The van der Waals surface area contributed by atoms with Crippen molar-refractivity contribution in [3.63, 3.8) is 0 Å². The van der Waals surface area contributed by atoms with E-state index in [4.69, 9.17) is 18.0 Å². The zero-order valence-electron chi connectivity index (χ0n) is 12.7. The summed E-state index contributed by atoms with van der Waals surface area (Å²) >= 11 is 5.13. The van der Waals surface area contributed by atoms with E-state index in [1.54, 1.807) is 19.0 Å². The molecule has 0 atom stereocenters. The zero-order valence-corrected chi connectivity index (χ0v) is 13.5. The molecule has 0 saturated carbocycles. The number of hydrogen-bond acceptors (Lipinski definition) is 4. The molecule has 0 bridgehead atoms. The molecular formula is C14H22N4OS. The number of carbonyl (C=O) groups is 1. The molecule has 0 spiro atoms. The van der Waals surface area contributed by atoms with Crippen LogP contribution in [0.4, 0.5) is 5.82 Å². The van der Waals surface area contributed by atoms with Gasteiger partial charge in [-0.25, -0.2) is 4.98 Å². The molecule has 0 aliphatic heterocycles. The monoisotopic (exact) mass is 294 g/mol. The number of aryl methyl sites for hydroxylation is 2. The first-order valence-electron chi connectivity index (χ1n) is 6.51. The van der Waals surface area contributed by atoms with Crippen LogP contribution in [0.2, 0.25) is 0 Å². The van der Waals surface area contributed by atoms with Gasteiger partial charge in [0.25, 0.3) is 0 Å². The summed E-state index contributed by atoms with van der Waals surface area (Å²) in [5.74, 6) is 0.703. The Morgan fingerprint density at radius 3 is 2.45 bits per heavy atom. The summed E-state index contributed by atoms with van der Waals surface area (Å²) in [6.07, 6.45) is 0. The number of amides is 1. The minimum absolute atomic E-state index is 0.0155. The van der Waals surface area contributed by atoms with Crippen LogP contribution in [0.1, 0.15) is 23.7 Å². The van der Waals surface area contributed by atoms with Gasteiger partial charge < -0.3 is 15.5 Å². The van der Waals surface area contributed by atoms with Gasteiger partial charge in [0.1, 0.15) is 10.8 Å². The van der Waals surface area contributed by atoms with Crippen LogP contribution >= 0.6 is 12.2 Å². The molecule has 0 unspecified atom stereocenters. The lowest BCUT2D eigenvalue weighted by molar-refractivity contribution is -0.127. The van der Waals surface area contributed by atoms with E-state index >= 15 is 0 Å². The first kappa shape index (κ1) is 16.4. The molecule has 0 aliphatic rings. The van der Waals surface area contributed by atoms with Gasteiger partial charge >= 0.3 is 0 Å². The molecular weight excluding hydrogens is 272 g/mol. The van der Waals surface area contributed by atoms with Crippen LogP contribution in [0.5, 0.6) is 0 Å². The molecule has 0 aromatic carbocycles. The van der Waals surface area contributed by atoms with Crippen molar-refractivity contribution in [2.75, 3.05) is 32.1 Å². The van der Waals surface area contributed by atoms with Crippen LogP contribution in [-0.2, 0) is 4.79 Å². The molecule has 6 heteroatoms. The Bertz CT molecular complexity index is 528. The third-order valence-electron chi connectivity index (χ3n) is 3.08. The normalized spacial score (nSPS) is 10.2. The number of nitrogens with two attached hydrogens (primary N) is 1. The molecule has 1 aromatic heterocycles. The molecule has 110 valence electrons. The fourth-order valence-corrected chi connectivity index (χ4v) is 2.24. The van der Waals surface area contributed by atoms with Crippen molar-refractivity contribution in [2.24, 2.45) is 5.73 Å². The largest absolute Gasteiger partial charge is 0.389 e. The Hall–Kier alpha value is -1.69. The van der Waals surface area contributed by atoms with Gasteiger partial charge in [0.15, 0.2) is 0 Å². The maximum atomic E-state index is 11.9. The van der Waals surface area contributed by atoms with E-state index in [-0.39, 0.29) is 12.5 Å². The number of pyridine rings is 1. The summed E-state index contributed by atoms with van der Waals surface area (Å²) in [7, 11) is 3.47. The fraction of sp³-hybridized carbons (Fsp3) is 0.500. The predicted octanol–water partition coefficient (Wildman–Crippen LogP) is 1.25. The van der Waals surface area contributed by atoms with Gasteiger partial charge in [0.05, 0.1) is 12.1 Å². The van der Waals surface area contributed by atoms with E-state index < -0.39 is 0 Å².